The number of hydrogen-bond acceptors (Lipinski definition) is 2. The number of hydrogen-bond donors (Lipinski definition) is 0. The number of ether oxygens (including phenoxy) is 1. The molecule has 1 unspecified atom stereocenters. The molecule has 1 rings (SSSR count). The number of rotatable bonds is 6. The zero-order chi connectivity index (χ0) is 11.8. The van der Waals surface area contributed by atoms with E-state index < -0.39 is 0 Å². The van der Waals surface area contributed by atoms with Crippen molar-refractivity contribution in [3.63, 3.8) is 0 Å². The summed E-state index contributed by atoms with van der Waals surface area (Å²) in [6, 6.07) is 10.4. The van der Waals surface area contributed by atoms with Crippen LogP contribution in [0.3, 0.4) is 0 Å². The molecule has 0 aromatic heterocycles. The molecule has 0 saturated carbocycles. The van der Waals surface area contributed by atoms with E-state index >= 15 is 0 Å². The van der Waals surface area contributed by atoms with E-state index in [4.69, 9.17) is 4.74 Å². The Morgan fingerprint density at radius 3 is 2.50 bits per heavy atom. The van der Waals surface area contributed by atoms with Crippen molar-refractivity contribution in [2.45, 2.75) is 39.0 Å². The Morgan fingerprint density at radius 1 is 1.25 bits per heavy atom. The van der Waals surface area contributed by atoms with E-state index in [0.29, 0.717) is 12.5 Å². The average Bonchev–Trinajstić information content (AvgIpc) is 2.29. The molecule has 1 atom stereocenters. The van der Waals surface area contributed by atoms with Crippen LogP contribution in [-0.2, 0) is 9.53 Å². The first-order valence-electron chi connectivity index (χ1n) is 5.92. The van der Waals surface area contributed by atoms with Gasteiger partial charge in [0, 0.05) is 6.92 Å². The fourth-order valence-corrected chi connectivity index (χ4v) is 1.90. The van der Waals surface area contributed by atoms with Crippen molar-refractivity contribution < 1.29 is 9.53 Å². The van der Waals surface area contributed by atoms with Gasteiger partial charge in [-0.1, -0.05) is 43.7 Å². The summed E-state index contributed by atoms with van der Waals surface area (Å²) in [5, 5.41) is 0. The molecule has 0 aliphatic heterocycles. The minimum Gasteiger partial charge on any atom is -0.466 e. The Balaban J connectivity index is 2.51. The third-order valence-corrected chi connectivity index (χ3v) is 2.68. The van der Waals surface area contributed by atoms with Crippen LogP contribution >= 0.6 is 0 Å². The zero-order valence-electron chi connectivity index (χ0n) is 10.1. The first-order chi connectivity index (χ1) is 7.74. The van der Waals surface area contributed by atoms with Gasteiger partial charge in [0.2, 0.25) is 0 Å². The smallest absolute Gasteiger partial charge is 0.302 e. The van der Waals surface area contributed by atoms with Gasteiger partial charge in [0.1, 0.15) is 0 Å². The Bertz CT molecular complexity index is 306. The molecule has 0 N–H and O–H groups in total. The molecule has 0 amide bonds. The van der Waals surface area contributed by atoms with Crippen molar-refractivity contribution in [1.82, 2.24) is 0 Å². The largest absolute Gasteiger partial charge is 0.466 e. The second-order valence-electron chi connectivity index (χ2n) is 4.03. The van der Waals surface area contributed by atoms with E-state index in [0.717, 1.165) is 19.3 Å². The molecule has 0 aliphatic carbocycles. The maximum atomic E-state index is 10.7. The summed E-state index contributed by atoms with van der Waals surface area (Å²) in [6.07, 6.45) is 3.21. The van der Waals surface area contributed by atoms with Crippen molar-refractivity contribution in [3.05, 3.63) is 35.9 Å². The second-order valence-corrected chi connectivity index (χ2v) is 4.03. The molecular weight excluding hydrogens is 200 g/mol. The van der Waals surface area contributed by atoms with Crippen molar-refractivity contribution in [1.29, 1.82) is 0 Å². The summed E-state index contributed by atoms with van der Waals surface area (Å²) in [7, 11) is 0. The highest BCUT2D eigenvalue weighted by Crippen LogP contribution is 2.24. The van der Waals surface area contributed by atoms with Crippen molar-refractivity contribution in [3.8, 4) is 0 Å². The molecule has 0 aliphatic rings. The van der Waals surface area contributed by atoms with E-state index in [9.17, 15) is 4.79 Å². The maximum absolute atomic E-state index is 10.7. The predicted octanol–water partition coefficient (Wildman–Crippen LogP) is 3.52. The van der Waals surface area contributed by atoms with Gasteiger partial charge >= 0.3 is 5.97 Å². The van der Waals surface area contributed by atoms with Gasteiger partial charge in [-0.2, -0.15) is 0 Å². The Labute approximate surface area is 97.6 Å². The molecule has 88 valence electrons. The molecule has 16 heavy (non-hydrogen) atoms. The van der Waals surface area contributed by atoms with E-state index in [2.05, 4.69) is 31.2 Å². The normalized spacial score (nSPS) is 12.1. The molecule has 2 nitrogen and oxygen atoms in total. The molecule has 0 spiro atoms. The highest BCUT2D eigenvalue weighted by Gasteiger charge is 2.10. The molecule has 1 aromatic carbocycles. The van der Waals surface area contributed by atoms with Crippen LogP contribution in [0.2, 0.25) is 0 Å². The Hall–Kier alpha value is -1.31. The van der Waals surface area contributed by atoms with Crippen molar-refractivity contribution in [2.24, 2.45) is 0 Å². The molecule has 2 heteroatoms. The summed E-state index contributed by atoms with van der Waals surface area (Å²) >= 11 is 0. The van der Waals surface area contributed by atoms with Gasteiger partial charge in [-0.05, 0) is 24.3 Å². The molecule has 0 radical (unpaired) electrons. The topological polar surface area (TPSA) is 26.3 Å². The first-order valence-corrected chi connectivity index (χ1v) is 5.92. The van der Waals surface area contributed by atoms with Crippen LogP contribution in [0.4, 0.5) is 0 Å². The van der Waals surface area contributed by atoms with Gasteiger partial charge < -0.3 is 4.74 Å². The van der Waals surface area contributed by atoms with Gasteiger partial charge in [-0.3, -0.25) is 4.79 Å². The zero-order valence-corrected chi connectivity index (χ0v) is 10.1. The molecule has 0 saturated heterocycles. The lowest BCUT2D eigenvalue weighted by molar-refractivity contribution is -0.141. The molecule has 0 bridgehead atoms. The maximum Gasteiger partial charge on any atom is 0.302 e. The van der Waals surface area contributed by atoms with Crippen LogP contribution < -0.4 is 0 Å². The van der Waals surface area contributed by atoms with Gasteiger partial charge in [0.25, 0.3) is 0 Å². The van der Waals surface area contributed by atoms with Gasteiger partial charge in [-0.25, -0.2) is 0 Å². The Morgan fingerprint density at radius 2 is 1.94 bits per heavy atom. The van der Waals surface area contributed by atoms with Crippen molar-refractivity contribution in [2.75, 3.05) is 6.61 Å². The minimum absolute atomic E-state index is 0.191. The van der Waals surface area contributed by atoms with E-state index in [1.165, 1.54) is 12.5 Å². The quantitative estimate of drug-likeness (QED) is 0.686. The van der Waals surface area contributed by atoms with Crippen LogP contribution in [0.5, 0.6) is 0 Å². The standard InChI is InChI=1S/C14H20O2/c1-3-7-13(10-11-16-12(2)15)14-8-5-4-6-9-14/h4-6,8-9,13H,3,7,10-11H2,1-2H3. The van der Waals surface area contributed by atoms with Crippen LogP contribution in [0.15, 0.2) is 30.3 Å². The summed E-state index contributed by atoms with van der Waals surface area (Å²) in [6.45, 7) is 4.16. The van der Waals surface area contributed by atoms with Gasteiger partial charge in [0.15, 0.2) is 0 Å². The first kappa shape index (κ1) is 12.8. The lowest BCUT2D eigenvalue weighted by Crippen LogP contribution is -2.06. The molecule has 0 fully saturated rings. The highest BCUT2D eigenvalue weighted by molar-refractivity contribution is 5.65. The summed E-state index contributed by atoms with van der Waals surface area (Å²) in [5.74, 6) is 0.314. The van der Waals surface area contributed by atoms with Crippen LogP contribution in [-0.4, -0.2) is 12.6 Å². The third-order valence-electron chi connectivity index (χ3n) is 2.68. The van der Waals surface area contributed by atoms with E-state index in [1.54, 1.807) is 0 Å². The van der Waals surface area contributed by atoms with Crippen LogP contribution in [0.25, 0.3) is 0 Å². The third kappa shape index (κ3) is 4.47. The number of esters is 1. The minimum atomic E-state index is -0.191. The Kier molecular flexibility index (Phi) is 5.62. The van der Waals surface area contributed by atoms with Crippen molar-refractivity contribution >= 4 is 5.97 Å². The SMILES string of the molecule is CCCC(CCOC(C)=O)c1ccccc1. The highest BCUT2D eigenvalue weighted by atomic mass is 16.5. The molecular formula is C14H20O2. The molecule has 0 heterocycles. The summed E-state index contributed by atoms with van der Waals surface area (Å²) in [4.78, 5) is 10.7. The average molecular weight is 220 g/mol. The predicted molar refractivity (Wildman–Crippen MR) is 65.3 cm³/mol. The fourth-order valence-electron chi connectivity index (χ4n) is 1.90. The lowest BCUT2D eigenvalue weighted by atomic mass is 9.92. The van der Waals surface area contributed by atoms with Gasteiger partial charge in [-0.15, -0.1) is 0 Å². The van der Waals surface area contributed by atoms with E-state index in [1.807, 2.05) is 6.07 Å². The second kappa shape index (κ2) is 7.04. The number of carbonyl (C=O) groups is 1. The van der Waals surface area contributed by atoms with Crippen LogP contribution in [0, 0.1) is 0 Å². The molecule has 1 aromatic rings. The van der Waals surface area contributed by atoms with E-state index in [-0.39, 0.29) is 5.97 Å². The fraction of sp³-hybridized carbons (Fsp3) is 0.500. The summed E-state index contributed by atoms with van der Waals surface area (Å²) in [5.41, 5.74) is 1.34. The number of benzene rings is 1. The number of carbonyl (C=O) groups excluding carboxylic acids is 1. The lowest BCUT2D eigenvalue weighted by Gasteiger charge is -2.16. The van der Waals surface area contributed by atoms with Crippen LogP contribution in [0.1, 0.15) is 44.6 Å². The monoisotopic (exact) mass is 220 g/mol. The van der Waals surface area contributed by atoms with Gasteiger partial charge in [0.05, 0.1) is 6.61 Å². The summed E-state index contributed by atoms with van der Waals surface area (Å²) < 4.78 is 5.00.